The highest BCUT2D eigenvalue weighted by molar-refractivity contribution is 5.90. The number of fused-ring (bicyclic) bond motifs is 1. The van der Waals surface area contributed by atoms with E-state index in [9.17, 15) is 14.7 Å². The lowest BCUT2D eigenvalue weighted by atomic mass is 9.64. The first-order valence-electron chi connectivity index (χ1n) is 23.5. The van der Waals surface area contributed by atoms with Crippen molar-refractivity contribution in [3.05, 3.63) is 73.7 Å². The molecule has 2 saturated heterocycles. The van der Waals surface area contributed by atoms with E-state index in [4.69, 9.17) is 19.2 Å². The number of carbonyl (C=O) groups is 2. The van der Waals surface area contributed by atoms with Crippen LogP contribution in [0, 0.1) is 54.8 Å². The molecule has 1 saturated carbocycles. The Labute approximate surface area is 376 Å². The molecule has 0 bridgehead atoms. The summed E-state index contributed by atoms with van der Waals surface area (Å²) in [7, 11) is 4.15. The molecule has 0 aromatic carbocycles. The van der Waals surface area contributed by atoms with Crippen molar-refractivity contribution >= 4 is 11.6 Å². The van der Waals surface area contributed by atoms with Crippen LogP contribution in [0.4, 0.5) is 0 Å². The number of ether oxygens (including phenoxy) is 3. The minimum absolute atomic E-state index is 0.00589. The standard InChI is InChI=1S/C48H74N4O6.C2H6.C2H4/c1-15-40-39-24-41(53)47(11,20-16-17-21-52-27-50-44(35(52)9)37-19-18-29(3)49-26-37)43(39)34(8)45(54)28(2)25-48(12,55)46(33(7)31(5)32(6)36(10)57-40)58-42-23-38(51(13)14)22-30(4)56-42;2*1-2/h18-19,26-28,30,32-34,38-40,42-43,46,55H,5,10,15-17,20-25H2,1-4,6-9,11-14H3;1-2H3;1-2H2/t28-,30-,32-,33+,34-,38+,39-,40-,42+,43-,46-,47?,48+;;/m1../s1. The van der Waals surface area contributed by atoms with Gasteiger partial charge in [0.05, 0.1) is 35.6 Å². The summed E-state index contributed by atoms with van der Waals surface area (Å²) in [6, 6.07) is 4.33. The maximum atomic E-state index is 14.8. The molecule has 0 radical (unpaired) electrons. The molecule has 5 rings (SSSR count). The largest absolute Gasteiger partial charge is 0.494 e. The number of hydrogen-bond donors (Lipinski definition) is 1. The second-order valence-corrected chi connectivity index (χ2v) is 19.0. The molecule has 13 atom stereocenters. The Hall–Kier alpha value is -3.44. The molecule has 1 N–H and O–H groups in total. The Bertz CT molecular complexity index is 1780. The number of pyridine rings is 1. The molecule has 1 unspecified atom stereocenters. The molecule has 2 aromatic rings. The summed E-state index contributed by atoms with van der Waals surface area (Å²) in [5, 5.41) is 12.5. The van der Waals surface area contributed by atoms with Crippen molar-refractivity contribution in [2.24, 2.45) is 40.9 Å². The molecule has 62 heavy (non-hydrogen) atoms. The van der Waals surface area contributed by atoms with Crippen molar-refractivity contribution in [1.29, 1.82) is 0 Å². The lowest BCUT2D eigenvalue weighted by molar-refractivity contribution is -0.258. The van der Waals surface area contributed by atoms with E-state index < -0.39 is 35.2 Å². The van der Waals surface area contributed by atoms with E-state index in [1.165, 1.54) is 0 Å². The van der Waals surface area contributed by atoms with Crippen LogP contribution in [0.2, 0.25) is 0 Å². The number of carbonyl (C=O) groups excluding carboxylic acids is 2. The van der Waals surface area contributed by atoms with Gasteiger partial charge in [0.1, 0.15) is 17.7 Å². The van der Waals surface area contributed by atoms with Gasteiger partial charge in [0.25, 0.3) is 0 Å². The van der Waals surface area contributed by atoms with Gasteiger partial charge in [0.2, 0.25) is 0 Å². The van der Waals surface area contributed by atoms with E-state index in [1.54, 1.807) is 6.92 Å². The van der Waals surface area contributed by atoms with Crippen molar-refractivity contribution in [2.75, 3.05) is 14.1 Å². The third-order valence-corrected chi connectivity index (χ3v) is 14.4. The van der Waals surface area contributed by atoms with Gasteiger partial charge in [-0.15, -0.1) is 13.2 Å². The molecule has 348 valence electrons. The van der Waals surface area contributed by atoms with Crippen LogP contribution in [0.5, 0.6) is 0 Å². The Morgan fingerprint density at radius 2 is 1.65 bits per heavy atom. The molecule has 0 amide bonds. The van der Waals surface area contributed by atoms with Crippen molar-refractivity contribution in [3.8, 4) is 11.3 Å². The van der Waals surface area contributed by atoms with Gasteiger partial charge in [-0.1, -0.05) is 80.5 Å². The van der Waals surface area contributed by atoms with Crippen molar-refractivity contribution in [3.63, 3.8) is 0 Å². The van der Waals surface area contributed by atoms with Crippen LogP contribution in [0.1, 0.15) is 132 Å². The predicted octanol–water partition coefficient (Wildman–Crippen LogP) is 10.7. The summed E-state index contributed by atoms with van der Waals surface area (Å²) in [4.78, 5) is 40.5. The molecule has 10 nitrogen and oxygen atoms in total. The molecule has 0 spiro atoms. The lowest BCUT2D eigenvalue weighted by Crippen LogP contribution is -2.52. The average Bonchev–Trinajstić information content (AvgIpc) is 3.74. The Balaban J connectivity index is 0.00000249. The number of rotatable bonds is 10. The maximum absolute atomic E-state index is 14.8. The number of hydrogen-bond acceptors (Lipinski definition) is 9. The summed E-state index contributed by atoms with van der Waals surface area (Å²) >= 11 is 0. The zero-order valence-electron chi connectivity index (χ0n) is 41.1. The van der Waals surface area contributed by atoms with E-state index in [0.29, 0.717) is 31.4 Å². The molecule has 3 fully saturated rings. The lowest BCUT2D eigenvalue weighted by Gasteiger charge is -2.45. The number of aliphatic hydroxyl groups is 1. The van der Waals surface area contributed by atoms with Crippen molar-refractivity contribution < 1.29 is 28.9 Å². The van der Waals surface area contributed by atoms with Gasteiger partial charge >= 0.3 is 0 Å². The summed E-state index contributed by atoms with van der Waals surface area (Å²) in [5.74, 6) is -1.03. The van der Waals surface area contributed by atoms with Crippen molar-refractivity contribution in [1.82, 2.24) is 19.4 Å². The van der Waals surface area contributed by atoms with Gasteiger partial charge in [0.15, 0.2) is 6.29 Å². The number of allylic oxidation sites excluding steroid dienone is 1. The van der Waals surface area contributed by atoms with Gasteiger partial charge in [-0.25, -0.2) is 4.98 Å². The number of aromatic nitrogens is 3. The maximum Gasteiger partial charge on any atom is 0.159 e. The van der Waals surface area contributed by atoms with Gasteiger partial charge < -0.3 is 28.8 Å². The SMILES string of the molecule is C=C.C=C1O[C@H](CC)[C@H]2CC(=O)C(C)(CCCCn3cnc(-c4ccc(C)nc4)c3C)[C@@H]2[C@@H](C)C(=O)[C@H](C)C[C@](C)(O)[C@H](O[C@H]2C[C@@H](N(C)C)C[C@@H](C)O2)[C@@H](C)C(=C)[C@H]1C.CC. The zero-order chi connectivity index (χ0) is 46.9. The average molecular weight is 861 g/mol. The quantitative estimate of drug-likeness (QED) is 0.184. The summed E-state index contributed by atoms with van der Waals surface area (Å²) < 4.78 is 22.1. The second kappa shape index (κ2) is 23.0. The number of aryl methyl sites for hydroxylation is 2. The summed E-state index contributed by atoms with van der Waals surface area (Å²) in [6.07, 6.45) is 7.40. The number of unbranched alkanes of at least 4 members (excludes halogenated alkanes) is 1. The van der Waals surface area contributed by atoms with Gasteiger partial charge in [0, 0.05) is 83.6 Å². The number of ketones is 2. The Kier molecular flexibility index (Phi) is 19.6. The highest BCUT2D eigenvalue weighted by Gasteiger charge is 2.57. The van der Waals surface area contributed by atoms with Crippen LogP contribution in [0.3, 0.4) is 0 Å². The molecule has 4 heterocycles. The van der Waals surface area contributed by atoms with Gasteiger partial charge in [-0.3, -0.25) is 14.6 Å². The van der Waals surface area contributed by atoms with Crippen LogP contribution < -0.4 is 0 Å². The highest BCUT2D eigenvalue weighted by Crippen LogP contribution is 2.54. The Morgan fingerprint density at radius 1 is 0.984 bits per heavy atom. The monoisotopic (exact) mass is 861 g/mol. The normalized spacial score (nSPS) is 34.6. The predicted molar refractivity (Wildman–Crippen MR) is 252 cm³/mol. The van der Waals surface area contributed by atoms with E-state index in [0.717, 1.165) is 54.0 Å². The van der Waals surface area contributed by atoms with E-state index in [1.807, 2.05) is 67.1 Å². The minimum atomic E-state index is -1.40. The minimum Gasteiger partial charge on any atom is -0.494 e. The first-order valence-corrected chi connectivity index (χ1v) is 23.5. The van der Waals surface area contributed by atoms with Gasteiger partial charge in [-0.05, 0) is 91.9 Å². The molecule has 1 aliphatic carbocycles. The second-order valence-electron chi connectivity index (χ2n) is 19.0. The molecule has 3 aliphatic rings. The number of imidazole rings is 1. The molecule has 2 aliphatic heterocycles. The van der Waals surface area contributed by atoms with Gasteiger partial charge in [-0.2, -0.15) is 0 Å². The number of Topliss-reactive ketones (excluding diaryl/α,β-unsaturated/α-hetero) is 2. The third kappa shape index (κ3) is 12.0. The van der Waals surface area contributed by atoms with Crippen LogP contribution >= 0.6 is 0 Å². The first-order chi connectivity index (χ1) is 29.2. The van der Waals surface area contributed by atoms with Crippen LogP contribution in [0.25, 0.3) is 11.3 Å². The molecular weight excluding hydrogens is 777 g/mol. The summed E-state index contributed by atoms with van der Waals surface area (Å²) in [5.41, 5.74) is 2.71. The fourth-order valence-electron chi connectivity index (χ4n) is 10.7. The molecular formula is C52H84N4O6. The summed E-state index contributed by atoms with van der Waals surface area (Å²) in [6.45, 7) is 39.8. The van der Waals surface area contributed by atoms with Crippen molar-refractivity contribution in [2.45, 2.75) is 177 Å². The topological polar surface area (TPSA) is 116 Å². The molecule has 2 aromatic heterocycles. The van der Waals surface area contributed by atoms with Crippen LogP contribution in [-0.2, 0) is 30.3 Å². The van der Waals surface area contributed by atoms with Crippen LogP contribution in [-0.4, -0.2) is 86.4 Å². The van der Waals surface area contributed by atoms with E-state index in [2.05, 4.69) is 88.6 Å². The first kappa shape index (κ1) is 52.9. The zero-order valence-corrected chi connectivity index (χ0v) is 41.1. The Morgan fingerprint density at radius 3 is 2.24 bits per heavy atom. The molecule has 10 heteroatoms. The smallest absolute Gasteiger partial charge is 0.159 e. The third-order valence-electron chi connectivity index (χ3n) is 14.4. The fourth-order valence-corrected chi connectivity index (χ4v) is 10.7. The van der Waals surface area contributed by atoms with Crippen LogP contribution in [0.15, 0.2) is 62.3 Å². The number of nitrogens with zero attached hydrogens (tertiary/aromatic N) is 4. The fraction of sp³-hybridized carbons (Fsp3) is 0.692. The highest BCUT2D eigenvalue weighted by atomic mass is 16.7. The van der Waals surface area contributed by atoms with E-state index in [-0.39, 0.29) is 59.9 Å². The van der Waals surface area contributed by atoms with E-state index >= 15 is 0 Å².